The third-order valence-electron chi connectivity index (χ3n) is 3.47. The van der Waals surface area contributed by atoms with Crippen molar-refractivity contribution in [3.63, 3.8) is 0 Å². The number of halogens is 1. The lowest BCUT2D eigenvalue weighted by atomic mass is 10.1. The van der Waals surface area contributed by atoms with Crippen molar-refractivity contribution in [2.75, 3.05) is 0 Å². The van der Waals surface area contributed by atoms with Crippen LogP contribution in [0.2, 0.25) is 0 Å². The van der Waals surface area contributed by atoms with Crippen molar-refractivity contribution >= 4 is 27.3 Å². The summed E-state index contributed by atoms with van der Waals surface area (Å²) >= 11 is 5.27. The number of nitrogens with zero attached hydrogens (tertiary/aromatic N) is 1. The summed E-state index contributed by atoms with van der Waals surface area (Å²) in [7, 11) is 0. The highest BCUT2D eigenvalue weighted by atomic mass is 79.9. The van der Waals surface area contributed by atoms with E-state index in [1.807, 2.05) is 0 Å². The van der Waals surface area contributed by atoms with E-state index in [-0.39, 0.29) is 5.54 Å². The zero-order valence-corrected chi connectivity index (χ0v) is 12.9. The molecule has 2 N–H and O–H groups in total. The Kier molecular flexibility index (Phi) is 2.84. The van der Waals surface area contributed by atoms with E-state index < -0.39 is 0 Å². The number of thiazole rings is 1. The molecular weight excluding hydrogens is 308 g/mol. The van der Waals surface area contributed by atoms with Gasteiger partial charge in [0.1, 0.15) is 5.01 Å². The Morgan fingerprint density at radius 2 is 2.06 bits per heavy atom. The molecule has 3 rings (SSSR count). The molecule has 1 fully saturated rings. The fourth-order valence-electron chi connectivity index (χ4n) is 2.16. The SMILES string of the molecule is Cc1ccc(Br)cc1-c1nc(C)c(C2(N)CC2)s1. The topological polar surface area (TPSA) is 38.9 Å². The average Bonchev–Trinajstić information content (AvgIpc) is 2.94. The number of aromatic nitrogens is 1. The molecule has 0 radical (unpaired) electrons. The van der Waals surface area contributed by atoms with Crippen molar-refractivity contribution < 1.29 is 0 Å². The summed E-state index contributed by atoms with van der Waals surface area (Å²) in [6.07, 6.45) is 2.18. The van der Waals surface area contributed by atoms with Gasteiger partial charge in [0, 0.05) is 14.9 Å². The molecule has 0 bridgehead atoms. The predicted molar refractivity (Wildman–Crippen MR) is 79.8 cm³/mol. The van der Waals surface area contributed by atoms with E-state index in [0.717, 1.165) is 28.0 Å². The van der Waals surface area contributed by atoms with Crippen molar-refractivity contribution in [1.82, 2.24) is 4.98 Å². The Morgan fingerprint density at radius 3 is 2.72 bits per heavy atom. The second kappa shape index (κ2) is 4.15. The summed E-state index contributed by atoms with van der Waals surface area (Å²) < 4.78 is 1.09. The Labute approximate surface area is 119 Å². The normalized spacial score (nSPS) is 16.9. The zero-order chi connectivity index (χ0) is 12.9. The van der Waals surface area contributed by atoms with Crippen molar-refractivity contribution in [3.05, 3.63) is 38.8 Å². The molecule has 4 heteroatoms. The van der Waals surface area contributed by atoms with Gasteiger partial charge in [-0.25, -0.2) is 4.98 Å². The van der Waals surface area contributed by atoms with Gasteiger partial charge in [-0.3, -0.25) is 0 Å². The van der Waals surface area contributed by atoms with Crippen LogP contribution in [0, 0.1) is 13.8 Å². The quantitative estimate of drug-likeness (QED) is 0.902. The summed E-state index contributed by atoms with van der Waals surface area (Å²) in [6.45, 7) is 4.18. The molecule has 1 aliphatic rings. The van der Waals surface area contributed by atoms with Gasteiger partial charge in [-0.2, -0.15) is 0 Å². The Bertz CT molecular complexity index is 614. The highest BCUT2D eigenvalue weighted by Crippen LogP contribution is 2.48. The van der Waals surface area contributed by atoms with E-state index in [9.17, 15) is 0 Å². The highest BCUT2D eigenvalue weighted by Gasteiger charge is 2.43. The van der Waals surface area contributed by atoms with Crippen molar-refractivity contribution in [3.8, 4) is 10.6 Å². The largest absolute Gasteiger partial charge is 0.321 e. The van der Waals surface area contributed by atoms with Gasteiger partial charge in [0.25, 0.3) is 0 Å². The molecule has 0 spiro atoms. The van der Waals surface area contributed by atoms with Crippen LogP contribution in [0.15, 0.2) is 22.7 Å². The van der Waals surface area contributed by atoms with Gasteiger partial charge in [0.15, 0.2) is 0 Å². The first-order chi connectivity index (χ1) is 8.49. The van der Waals surface area contributed by atoms with Gasteiger partial charge in [0.05, 0.1) is 11.2 Å². The molecule has 18 heavy (non-hydrogen) atoms. The standard InChI is InChI=1S/C14H15BrN2S/c1-8-3-4-10(15)7-11(8)13-17-9(2)12(18-13)14(16)5-6-14/h3-4,7H,5-6,16H2,1-2H3. The van der Waals surface area contributed by atoms with E-state index in [0.29, 0.717) is 0 Å². The van der Waals surface area contributed by atoms with Crippen molar-refractivity contribution in [1.29, 1.82) is 0 Å². The molecule has 1 aromatic carbocycles. The molecule has 1 aromatic heterocycles. The molecule has 94 valence electrons. The average molecular weight is 323 g/mol. The minimum atomic E-state index is -0.0834. The minimum Gasteiger partial charge on any atom is -0.321 e. The summed E-state index contributed by atoms with van der Waals surface area (Å²) in [5, 5.41) is 1.08. The van der Waals surface area contributed by atoms with Crippen LogP contribution in [0.3, 0.4) is 0 Å². The number of hydrogen-bond acceptors (Lipinski definition) is 3. The minimum absolute atomic E-state index is 0.0834. The van der Waals surface area contributed by atoms with E-state index in [4.69, 9.17) is 10.7 Å². The summed E-state index contributed by atoms with van der Waals surface area (Å²) in [5.41, 5.74) is 9.75. The predicted octanol–water partition coefficient (Wildman–Crippen LogP) is 4.14. The number of aryl methyl sites for hydroxylation is 2. The van der Waals surface area contributed by atoms with Gasteiger partial charge in [0.2, 0.25) is 0 Å². The van der Waals surface area contributed by atoms with Crippen LogP contribution in [0.5, 0.6) is 0 Å². The maximum Gasteiger partial charge on any atom is 0.124 e. The van der Waals surface area contributed by atoms with Crippen LogP contribution in [0.4, 0.5) is 0 Å². The van der Waals surface area contributed by atoms with Gasteiger partial charge >= 0.3 is 0 Å². The van der Waals surface area contributed by atoms with Gasteiger partial charge < -0.3 is 5.73 Å². The maximum absolute atomic E-state index is 6.29. The number of rotatable bonds is 2. The molecule has 0 aliphatic heterocycles. The zero-order valence-electron chi connectivity index (χ0n) is 10.5. The van der Waals surface area contributed by atoms with E-state index in [1.165, 1.54) is 16.0 Å². The monoisotopic (exact) mass is 322 g/mol. The van der Waals surface area contributed by atoms with Crippen LogP contribution >= 0.6 is 27.3 Å². The number of hydrogen-bond donors (Lipinski definition) is 1. The highest BCUT2D eigenvalue weighted by molar-refractivity contribution is 9.10. The molecule has 1 heterocycles. The first kappa shape index (κ1) is 12.3. The van der Waals surface area contributed by atoms with Gasteiger partial charge in [-0.15, -0.1) is 11.3 Å². The van der Waals surface area contributed by atoms with Gasteiger partial charge in [-0.05, 0) is 44.4 Å². The first-order valence-corrected chi connectivity index (χ1v) is 7.64. The van der Waals surface area contributed by atoms with Crippen LogP contribution in [-0.4, -0.2) is 4.98 Å². The van der Waals surface area contributed by atoms with Crippen LogP contribution in [0.1, 0.15) is 29.0 Å². The molecule has 2 aromatic rings. The van der Waals surface area contributed by atoms with E-state index in [2.05, 4.69) is 48.0 Å². The van der Waals surface area contributed by atoms with Crippen LogP contribution < -0.4 is 5.73 Å². The summed E-state index contributed by atoms with van der Waals surface area (Å²) in [5.74, 6) is 0. The lowest BCUT2D eigenvalue weighted by Crippen LogP contribution is -2.18. The fraction of sp³-hybridized carbons (Fsp3) is 0.357. The lowest BCUT2D eigenvalue weighted by Gasteiger charge is -2.05. The molecule has 0 atom stereocenters. The lowest BCUT2D eigenvalue weighted by molar-refractivity contribution is 0.748. The molecular formula is C14H15BrN2S. The molecule has 0 unspecified atom stereocenters. The van der Waals surface area contributed by atoms with E-state index in [1.54, 1.807) is 11.3 Å². The van der Waals surface area contributed by atoms with Crippen LogP contribution in [0.25, 0.3) is 10.6 Å². The summed E-state index contributed by atoms with van der Waals surface area (Å²) in [6, 6.07) is 6.31. The second-order valence-corrected chi connectivity index (χ2v) is 6.96. The van der Waals surface area contributed by atoms with Gasteiger partial charge in [-0.1, -0.05) is 22.0 Å². The number of benzene rings is 1. The smallest absolute Gasteiger partial charge is 0.124 e. The molecule has 2 nitrogen and oxygen atoms in total. The molecule has 1 aliphatic carbocycles. The van der Waals surface area contributed by atoms with E-state index >= 15 is 0 Å². The van der Waals surface area contributed by atoms with Crippen LogP contribution in [-0.2, 0) is 5.54 Å². The third kappa shape index (κ3) is 2.02. The maximum atomic E-state index is 6.29. The first-order valence-electron chi connectivity index (χ1n) is 6.03. The molecule has 0 saturated heterocycles. The third-order valence-corrected chi connectivity index (χ3v) is 5.37. The fourth-order valence-corrected chi connectivity index (χ4v) is 3.83. The summed E-state index contributed by atoms with van der Waals surface area (Å²) in [4.78, 5) is 5.97. The Morgan fingerprint density at radius 1 is 1.33 bits per heavy atom. The Balaban J connectivity index is 2.10. The van der Waals surface area contributed by atoms with Crippen molar-refractivity contribution in [2.24, 2.45) is 5.73 Å². The second-order valence-electron chi connectivity index (χ2n) is 5.05. The molecule has 1 saturated carbocycles. The number of nitrogens with two attached hydrogens (primary N) is 1. The Hall–Kier alpha value is -0.710. The molecule has 0 amide bonds. The van der Waals surface area contributed by atoms with Crippen molar-refractivity contribution in [2.45, 2.75) is 32.2 Å².